The monoisotopic (exact) mass is 195 g/mol. The van der Waals surface area contributed by atoms with Crippen molar-refractivity contribution >= 4 is 12.2 Å². The highest BCUT2D eigenvalue weighted by molar-refractivity contribution is 5.73. The molecule has 7 heteroatoms. The van der Waals surface area contributed by atoms with Gasteiger partial charge in [-0.15, -0.1) is 0 Å². The Balaban J connectivity index is 4.45. The van der Waals surface area contributed by atoms with Crippen LogP contribution in [0.1, 0.15) is 1.37 Å². The molecule has 0 aliphatic heterocycles. The van der Waals surface area contributed by atoms with E-state index in [-0.39, 0.29) is 0 Å². The fourth-order valence-electron chi connectivity index (χ4n) is 0.589. The second kappa shape index (κ2) is 4.87. The molecule has 0 aromatic rings. The van der Waals surface area contributed by atoms with Crippen LogP contribution in [-0.2, 0) is 9.59 Å². The van der Waals surface area contributed by atoms with Crippen molar-refractivity contribution in [2.75, 3.05) is 0 Å². The Morgan fingerprint density at radius 2 is 1.69 bits per heavy atom. The summed E-state index contributed by atoms with van der Waals surface area (Å²) in [4.78, 5) is 20.3. The van der Waals surface area contributed by atoms with Crippen LogP contribution < -0.4 is 0 Å². The highest BCUT2D eigenvalue weighted by Crippen LogP contribution is 2.03. The van der Waals surface area contributed by atoms with Crippen LogP contribution in [0.4, 0.5) is 0 Å². The molecular weight excluding hydrogens is 184 g/mol. The number of aliphatic hydroxyl groups excluding tert-OH is 4. The first kappa shape index (κ1) is 10.1. The van der Waals surface area contributed by atoms with Gasteiger partial charge in [0, 0.05) is 0 Å². The Morgan fingerprint density at radius 3 is 2.00 bits per heavy atom. The molecule has 13 heavy (non-hydrogen) atoms. The maximum absolute atomic E-state index is 10.2. The molecule has 7 nitrogen and oxygen atoms in total. The molecule has 0 aliphatic rings. The number of carboxylic acids is 1. The molecule has 0 aromatic carbocycles. The number of aldehydes is 1. The Labute approximate surface area is 74.3 Å². The van der Waals surface area contributed by atoms with Crippen molar-refractivity contribution in [3.05, 3.63) is 0 Å². The van der Waals surface area contributed by atoms with E-state index in [9.17, 15) is 9.59 Å². The maximum atomic E-state index is 10.2. The van der Waals surface area contributed by atoms with Gasteiger partial charge in [0.25, 0.3) is 0 Å². The molecule has 0 heterocycles. The summed E-state index contributed by atoms with van der Waals surface area (Å²) in [7, 11) is 0. The minimum atomic E-state index is -2.33. The molecule has 0 aliphatic carbocycles. The molecule has 0 amide bonds. The molecule has 4 atom stereocenters. The second-order valence-electron chi connectivity index (χ2n) is 2.33. The second-order valence-corrected chi connectivity index (χ2v) is 2.33. The fraction of sp³-hybridized carbons (Fsp3) is 0.667. The fourth-order valence-corrected chi connectivity index (χ4v) is 0.589. The summed E-state index contributed by atoms with van der Waals surface area (Å²) >= 11 is 0. The molecule has 0 aromatic heterocycles. The third kappa shape index (κ3) is 3.07. The van der Waals surface area contributed by atoms with Gasteiger partial charge in [0.05, 0.1) is 0 Å². The van der Waals surface area contributed by atoms with E-state index in [1.807, 2.05) is 0 Å². The minimum Gasteiger partial charge on any atom is -0.479 e. The molecule has 0 saturated carbocycles. The summed E-state index contributed by atoms with van der Waals surface area (Å²) in [5, 5.41) is 43.4. The van der Waals surface area contributed by atoms with Crippen LogP contribution in [0, 0.1) is 0 Å². The number of hydrogen-bond donors (Lipinski definition) is 5. The zero-order chi connectivity index (χ0) is 11.5. The van der Waals surface area contributed by atoms with Crippen LogP contribution in [0.5, 0.6) is 0 Å². The minimum absolute atomic E-state index is 1.59. The number of aliphatic carboxylic acids is 1. The van der Waals surface area contributed by atoms with Crippen LogP contribution in [-0.4, -0.2) is 62.2 Å². The Bertz CT molecular complexity index is 206. The summed E-state index contributed by atoms with van der Waals surface area (Å²) in [5.41, 5.74) is 0. The Hall–Kier alpha value is -1.02. The van der Waals surface area contributed by atoms with E-state index >= 15 is 0 Å². The highest BCUT2D eigenvalue weighted by atomic mass is 16.4. The Morgan fingerprint density at radius 1 is 1.23 bits per heavy atom. The van der Waals surface area contributed by atoms with Crippen molar-refractivity contribution < 1.29 is 36.5 Å². The third-order valence-corrected chi connectivity index (χ3v) is 1.37. The lowest BCUT2D eigenvalue weighted by molar-refractivity contribution is -0.163. The van der Waals surface area contributed by atoms with Crippen LogP contribution in [0.15, 0.2) is 0 Å². The first-order valence-electron chi connectivity index (χ1n) is 3.74. The molecule has 0 spiro atoms. The van der Waals surface area contributed by atoms with Gasteiger partial charge in [-0.05, 0) is 0 Å². The largest absolute Gasteiger partial charge is 0.479 e. The van der Waals surface area contributed by atoms with E-state index in [0.29, 0.717) is 0 Å². The molecule has 5 N–H and O–H groups in total. The predicted octanol–water partition coefficient (Wildman–Crippen LogP) is -3.29. The molecule has 0 radical (unpaired) electrons. The zero-order valence-electron chi connectivity index (χ0n) is 7.36. The molecule has 76 valence electrons. The summed E-state index contributed by atoms with van der Waals surface area (Å²) < 4.78 is 6.37. The molecule has 0 unspecified atom stereocenters. The van der Waals surface area contributed by atoms with Crippen LogP contribution in [0.2, 0.25) is 0 Å². The van der Waals surface area contributed by atoms with Crippen molar-refractivity contribution in [3.63, 3.8) is 0 Å². The zero-order valence-corrected chi connectivity index (χ0v) is 6.36. The highest BCUT2D eigenvalue weighted by Gasteiger charge is 2.33. The van der Waals surface area contributed by atoms with Crippen molar-refractivity contribution in [3.8, 4) is 0 Å². The van der Waals surface area contributed by atoms with Gasteiger partial charge >= 0.3 is 5.97 Å². The van der Waals surface area contributed by atoms with Crippen molar-refractivity contribution in [2.24, 2.45) is 0 Å². The third-order valence-electron chi connectivity index (χ3n) is 1.37. The predicted molar refractivity (Wildman–Crippen MR) is 37.7 cm³/mol. The molecular formula is C6H10O7. The summed E-state index contributed by atoms with van der Waals surface area (Å²) in [6, 6.07) is 0. The van der Waals surface area contributed by atoms with E-state index in [2.05, 4.69) is 0 Å². The van der Waals surface area contributed by atoms with Crippen LogP contribution in [0.25, 0.3) is 0 Å². The standard InChI is InChI=1S/C6H10O7/c7-1-2(8)3(9)4(10)5(11)6(12)13/h1-5,8-11H,(H,12,13)/t2-,3+,4+,5-/m0/s1/i1D. The van der Waals surface area contributed by atoms with Crippen molar-refractivity contribution in [1.82, 2.24) is 0 Å². The van der Waals surface area contributed by atoms with Gasteiger partial charge in [-0.1, -0.05) is 0 Å². The molecule has 0 rings (SSSR count). The summed E-state index contributed by atoms with van der Waals surface area (Å²) in [6.45, 7) is 0. The van der Waals surface area contributed by atoms with Crippen molar-refractivity contribution in [1.29, 1.82) is 0 Å². The lowest BCUT2D eigenvalue weighted by Gasteiger charge is -2.21. The number of carbonyl (C=O) groups excluding carboxylic acids is 1. The smallest absolute Gasteiger partial charge is 0.335 e. The quantitative estimate of drug-likeness (QED) is 0.290. The van der Waals surface area contributed by atoms with Crippen molar-refractivity contribution in [2.45, 2.75) is 24.4 Å². The number of rotatable bonds is 5. The molecule has 0 bridgehead atoms. The average molecular weight is 195 g/mol. The van der Waals surface area contributed by atoms with Crippen LogP contribution >= 0.6 is 0 Å². The Kier molecular flexibility index (Phi) is 3.77. The number of aliphatic hydroxyl groups is 4. The SMILES string of the molecule is [2H]C(=O)[C@H](O)[C@@H](O)[C@@H](O)[C@H](O)C(=O)O. The first-order valence-corrected chi connectivity index (χ1v) is 3.24. The first-order chi connectivity index (χ1) is 6.29. The van der Waals surface area contributed by atoms with Gasteiger partial charge in [0.1, 0.15) is 19.7 Å². The van der Waals surface area contributed by atoms with E-state index < -0.39 is 36.6 Å². The van der Waals surface area contributed by atoms with E-state index in [4.69, 9.17) is 26.9 Å². The van der Waals surface area contributed by atoms with Gasteiger partial charge in [0.15, 0.2) is 12.4 Å². The van der Waals surface area contributed by atoms with Gasteiger partial charge in [0.2, 0.25) is 0 Å². The lowest BCUT2D eigenvalue weighted by Crippen LogP contribution is -2.48. The number of carbonyl (C=O) groups is 2. The number of carboxylic acid groups (broad SMARTS) is 1. The average Bonchev–Trinajstić information content (AvgIpc) is 2.12. The maximum Gasteiger partial charge on any atom is 0.335 e. The summed E-state index contributed by atoms with van der Waals surface area (Å²) in [5.74, 6) is -1.82. The van der Waals surface area contributed by atoms with Gasteiger partial charge in [-0.2, -0.15) is 0 Å². The topological polar surface area (TPSA) is 135 Å². The number of hydrogen-bond acceptors (Lipinski definition) is 6. The van der Waals surface area contributed by atoms with Gasteiger partial charge in [-0.25, -0.2) is 4.79 Å². The molecule has 0 saturated heterocycles. The van der Waals surface area contributed by atoms with Gasteiger partial charge < -0.3 is 30.3 Å². The summed E-state index contributed by atoms with van der Waals surface area (Å²) in [6.07, 6.45) is -10.6. The normalized spacial score (nSPS) is 21.1. The van der Waals surface area contributed by atoms with Crippen LogP contribution in [0.3, 0.4) is 0 Å². The van der Waals surface area contributed by atoms with E-state index in [0.717, 1.165) is 0 Å². The van der Waals surface area contributed by atoms with E-state index in [1.54, 1.807) is 0 Å². The van der Waals surface area contributed by atoms with Gasteiger partial charge in [-0.3, -0.25) is 0 Å². The molecule has 0 fully saturated rings. The lowest BCUT2D eigenvalue weighted by atomic mass is 10.0. The van der Waals surface area contributed by atoms with E-state index in [1.165, 1.54) is 0 Å².